The third kappa shape index (κ3) is 3.94. The van der Waals surface area contributed by atoms with Crippen molar-refractivity contribution in [3.63, 3.8) is 0 Å². The molecule has 0 spiro atoms. The number of aromatic nitrogens is 4. The minimum absolute atomic E-state index is 0.154. The zero-order chi connectivity index (χ0) is 18.5. The Kier molecular flexibility index (Phi) is 5.07. The summed E-state index contributed by atoms with van der Waals surface area (Å²) in [5, 5.41) is 6.79. The number of rotatable bonds is 6. The molecule has 0 saturated carbocycles. The van der Waals surface area contributed by atoms with Crippen LogP contribution in [0.4, 0.5) is 0 Å². The van der Waals surface area contributed by atoms with Crippen molar-refractivity contribution < 1.29 is 9.21 Å². The van der Waals surface area contributed by atoms with Crippen LogP contribution in [0.2, 0.25) is 0 Å². The quantitative estimate of drug-likeness (QED) is 0.675. The van der Waals surface area contributed by atoms with Crippen LogP contribution in [-0.2, 0) is 17.9 Å². The van der Waals surface area contributed by atoms with Gasteiger partial charge in [-0.3, -0.25) is 19.0 Å². The number of carbonyl (C=O) groups is 1. The molecular weight excluding hydrogens is 338 g/mol. The maximum Gasteiger partial charge on any atom is 0.267 e. The van der Waals surface area contributed by atoms with E-state index in [1.807, 2.05) is 0 Å². The standard InChI is InChI=1S/C17H17N5O4/c1-12-9-18-11-21(17(12)25)7-6-19-15(23)10-22-16(24)5-4-13(20-22)14-3-2-8-26-14/h2-5,8-9,11H,6-7,10H2,1H3,(H,19,23). The fourth-order valence-corrected chi connectivity index (χ4v) is 2.34. The topological polar surface area (TPSA) is 112 Å². The Labute approximate surface area is 147 Å². The van der Waals surface area contributed by atoms with Crippen molar-refractivity contribution in [2.24, 2.45) is 0 Å². The van der Waals surface area contributed by atoms with Gasteiger partial charge in [0.2, 0.25) is 5.91 Å². The number of nitrogens with zero attached hydrogens (tertiary/aromatic N) is 4. The van der Waals surface area contributed by atoms with Gasteiger partial charge in [-0.1, -0.05) is 0 Å². The van der Waals surface area contributed by atoms with Gasteiger partial charge < -0.3 is 9.73 Å². The van der Waals surface area contributed by atoms with Crippen molar-refractivity contribution in [3.05, 3.63) is 69.3 Å². The number of furan rings is 1. The molecule has 0 atom stereocenters. The summed E-state index contributed by atoms with van der Waals surface area (Å²) in [5.74, 6) is 0.121. The fourth-order valence-electron chi connectivity index (χ4n) is 2.34. The van der Waals surface area contributed by atoms with E-state index in [1.54, 1.807) is 19.1 Å². The first-order valence-corrected chi connectivity index (χ1v) is 7.94. The Bertz CT molecular complexity index is 1020. The van der Waals surface area contributed by atoms with Gasteiger partial charge in [0.05, 0.1) is 12.6 Å². The second-order valence-corrected chi connectivity index (χ2v) is 5.62. The maximum atomic E-state index is 12.1. The van der Waals surface area contributed by atoms with Crippen molar-refractivity contribution in [2.45, 2.75) is 20.0 Å². The molecule has 0 aliphatic rings. The van der Waals surface area contributed by atoms with Gasteiger partial charge in [0.1, 0.15) is 12.2 Å². The van der Waals surface area contributed by atoms with Crippen LogP contribution in [0, 0.1) is 6.92 Å². The maximum absolute atomic E-state index is 12.1. The number of amides is 1. The first-order chi connectivity index (χ1) is 12.5. The van der Waals surface area contributed by atoms with E-state index in [0.29, 0.717) is 17.0 Å². The molecule has 9 nitrogen and oxygen atoms in total. The highest BCUT2D eigenvalue weighted by atomic mass is 16.3. The van der Waals surface area contributed by atoms with Crippen LogP contribution in [0.15, 0.2) is 57.1 Å². The van der Waals surface area contributed by atoms with Crippen molar-refractivity contribution in [2.75, 3.05) is 6.54 Å². The van der Waals surface area contributed by atoms with E-state index in [1.165, 1.54) is 35.5 Å². The Morgan fingerprint density at radius 2 is 2.12 bits per heavy atom. The van der Waals surface area contributed by atoms with Crippen LogP contribution < -0.4 is 16.4 Å². The molecule has 1 amide bonds. The van der Waals surface area contributed by atoms with Crippen LogP contribution in [0.1, 0.15) is 5.56 Å². The van der Waals surface area contributed by atoms with Crippen LogP contribution >= 0.6 is 0 Å². The molecule has 0 aliphatic carbocycles. The van der Waals surface area contributed by atoms with Crippen molar-refractivity contribution in [1.82, 2.24) is 24.6 Å². The van der Waals surface area contributed by atoms with Crippen LogP contribution in [0.25, 0.3) is 11.5 Å². The number of hydrogen-bond acceptors (Lipinski definition) is 6. The number of aryl methyl sites for hydroxylation is 1. The lowest BCUT2D eigenvalue weighted by Crippen LogP contribution is -2.36. The third-order valence-corrected chi connectivity index (χ3v) is 3.68. The fraction of sp³-hybridized carbons (Fsp3) is 0.235. The van der Waals surface area contributed by atoms with E-state index in [2.05, 4.69) is 15.4 Å². The minimum Gasteiger partial charge on any atom is -0.463 e. The molecule has 0 bridgehead atoms. The van der Waals surface area contributed by atoms with E-state index in [-0.39, 0.29) is 31.1 Å². The first-order valence-electron chi connectivity index (χ1n) is 7.94. The molecule has 0 fully saturated rings. The summed E-state index contributed by atoms with van der Waals surface area (Å²) in [6.07, 6.45) is 4.41. The van der Waals surface area contributed by atoms with Gasteiger partial charge in [-0.15, -0.1) is 0 Å². The Balaban J connectivity index is 1.61. The molecule has 3 aromatic rings. The lowest BCUT2D eigenvalue weighted by atomic mass is 10.3. The molecule has 9 heteroatoms. The molecular formula is C17H17N5O4. The minimum atomic E-state index is -0.394. The molecule has 3 heterocycles. The normalized spacial score (nSPS) is 10.7. The van der Waals surface area contributed by atoms with Crippen molar-refractivity contribution in [1.29, 1.82) is 0 Å². The summed E-state index contributed by atoms with van der Waals surface area (Å²) in [6, 6.07) is 6.29. The summed E-state index contributed by atoms with van der Waals surface area (Å²) in [5.41, 5.74) is 0.442. The highest BCUT2D eigenvalue weighted by Gasteiger charge is 2.09. The number of hydrogen-bond donors (Lipinski definition) is 1. The summed E-state index contributed by atoms with van der Waals surface area (Å²) < 4.78 is 7.71. The molecule has 1 N–H and O–H groups in total. The monoisotopic (exact) mass is 355 g/mol. The molecule has 0 radical (unpaired) electrons. The molecule has 26 heavy (non-hydrogen) atoms. The van der Waals surface area contributed by atoms with Crippen molar-refractivity contribution in [3.8, 4) is 11.5 Å². The summed E-state index contributed by atoms with van der Waals surface area (Å²) in [7, 11) is 0. The molecule has 0 aromatic carbocycles. The summed E-state index contributed by atoms with van der Waals surface area (Å²) in [6.45, 7) is 1.97. The van der Waals surface area contributed by atoms with E-state index in [4.69, 9.17) is 4.42 Å². The molecule has 0 saturated heterocycles. The predicted octanol–water partition coefficient (Wildman–Crippen LogP) is 0.185. The van der Waals surface area contributed by atoms with Crippen molar-refractivity contribution >= 4 is 5.91 Å². The zero-order valence-electron chi connectivity index (χ0n) is 14.1. The largest absolute Gasteiger partial charge is 0.463 e. The molecule has 3 aromatic heterocycles. The van der Waals surface area contributed by atoms with Gasteiger partial charge >= 0.3 is 0 Å². The smallest absolute Gasteiger partial charge is 0.267 e. The number of nitrogens with one attached hydrogen (secondary N) is 1. The Morgan fingerprint density at radius 1 is 1.27 bits per heavy atom. The molecule has 0 unspecified atom stereocenters. The predicted molar refractivity (Wildman–Crippen MR) is 92.4 cm³/mol. The molecule has 3 rings (SSSR count). The van der Waals surface area contributed by atoms with Crippen LogP contribution in [0.5, 0.6) is 0 Å². The van der Waals surface area contributed by atoms with E-state index in [0.717, 1.165) is 4.68 Å². The van der Waals surface area contributed by atoms with Crippen LogP contribution in [0.3, 0.4) is 0 Å². The third-order valence-electron chi connectivity index (χ3n) is 3.68. The first kappa shape index (κ1) is 17.3. The average molecular weight is 355 g/mol. The van der Waals surface area contributed by atoms with Gasteiger partial charge in [0.15, 0.2) is 5.76 Å². The SMILES string of the molecule is Cc1cncn(CCNC(=O)Cn2nc(-c3ccco3)ccc2=O)c1=O. The van der Waals surface area contributed by atoms with E-state index < -0.39 is 5.56 Å². The number of carbonyl (C=O) groups excluding carboxylic acids is 1. The van der Waals surface area contributed by atoms with Gasteiger partial charge in [-0.05, 0) is 25.1 Å². The van der Waals surface area contributed by atoms with Gasteiger partial charge in [0.25, 0.3) is 11.1 Å². The highest BCUT2D eigenvalue weighted by molar-refractivity contribution is 5.75. The second kappa shape index (κ2) is 7.60. The van der Waals surface area contributed by atoms with E-state index >= 15 is 0 Å². The highest BCUT2D eigenvalue weighted by Crippen LogP contribution is 2.14. The van der Waals surface area contributed by atoms with Gasteiger partial charge in [0, 0.05) is 30.9 Å². The van der Waals surface area contributed by atoms with E-state index in [9.17, 15) is 14.4 Å². The van der Waals surface area contributed by atoms with Gasteiger partial charge in [-0.25, -0.2) is 9.67 Å². The molecule has 134 valence electrons. The lowest BCUT2D eigenvalue weighted by molar-refractivity contribution is -0.121. The Morgan fingerprint density at radius 3 is 2.88 bits per heavy atom. The molecule has 0 aliphatic heterocycles. The van der Waals surface area contributed by atoms with Gasteiger partial charge in [-0.2, -0.15) is 5.10 Å². The second-order valence-electron chi connectivity index (χ2n) is 5.62. The summed E-state index contributed by atoms with van der Waals surface area (Å²) in [4.78, 5) is 39.8. The Hall–Kier alpha value is -3.49. The summed E-state index contributed by atoms with van der Waals surface area (Å²) >= 11 is 0. The zero-order valence-corrected chi connectivity index (χ0v) is 14.1. The van der Waals surface area contributed by atoms with Crippen LogP contribution in [-0.4, -0.2) is 31.8 Å². The average Bonchev–Trinajstić information content (AvgIpc) is 3.15. The lowest BCUT2D eigenvalue weighted by Gasteiger charge is -2.09.